The van der Waals surface area contributed by atoms with E-state index in [0.717, 1.165) is 4.47 Å². The Hall–Kier alpha value is -0.940. The quantitative estimate of drug-likeness (QED) is 0.735. The van der Waals surface area contributed by atoms with Gasteiger partial charge in [0.05, 0.1) is 15.4 Å². The highest BCUT2D eigenvalue weighted by Crippen LogP contribution is 2.24. The molecule has 0 radical (unpaired) electrons. The summed E-state index contributed by atoms with van der Waals surface area (Å²) in [5, 5.41) is 0.887. The van der Waals surface area contributed by atoms with Crippen molar-refractivity contribution in [2.75, 3.05) is 5.73 Å². The van der Waals surface area contributed by atoms with Crippen LogP contribution >= 0.6 is 27.5 Å². The summed E-state index contributed by atoms with van der Waals surface area (Å²) in [5.41, 5.74) is 6.29. The van der Waals surface area contributed by atoms with Crippen LogP contribution in [0, 0.1) is 0 Å². The lowest BCUT2D eigenvalue weighted by Crippen LogP contribution is -1.94. The van der Waals surface area contributed by atoms with Crippen LogP contribution in [0.3, 0.4) is 0 Å². The zero-order chi connectivity index (χ0) is 9.42. The molecule has 2 aromatic rings. The summed E-state index contributed by atoms with van der Waals surface area (Å²) in [6.45, 7) is 0. The first kappa shape index (κ1) is 8.65. The first-order valence-electron chi connectivity index (χ1n) is 3.40. The molecule has 13 heavy (non-hydrogen) atoms. The average molecular weight is 259 g/mol. The second-order valence-corrected chi connectivity index (χ2v) is 3.59. The summed E-state index contributed by atoms with van der Waals surface area (Å²) >= 11 is 8.94. The number of hydrogen-bond donors (Lipinski definition) is 1. The molecule has 2 heterocycles. The molecule has 0 saturated heterocycles. The van der Waals surface area contributed by atoms with E-state index in [2.05, 4.69) is 30.9 Å². The van der Waals surface area contributed by atoms with Crippen LogP contribution in [0.25, 0.3) is 10.9 Å². The SMILES string of the molecule is Nc1ncc(Br)c2nc(Cl)ncc12. The first-order valence-corrected chi connectivity index (χ1v) is 4.58. The summed E-state index contributed by atoms with van der Waals surface area (Å²) in [4.78, 5) is 11.8. The van der Waals surface area contributed by atoms with E-state index < -0.39 is 0 Å². The topological polar surface area (TPSA) is 64.7 Å². The molecule has 0 amide bonds. The molecule has 66 valence electrons. The van der Waals surface area contributed by atoms with Gasteiger partial charge in [-0.15, -0.1) is 0 Å². The predicted octanol–water partition coefficient (Wildman–Crippen LogP) is 2.02. The second kappa shape index (κ2) is 3.08. The lowest BCUT2D eigenvalue weighted by Gasteiger charge is -2.01. The number of aromatic nitrogens is 3. The summed E-state index contributed by atoms with van der Waals surface area (Å²) < 4.78 is 0.751. The standard InChI is InChI=1S/C7H4BrClN4/c8-4-2-11-6(10)3-1-12-7(9)13-5(3)4/h1-2H,(H2,10,11). The fraction of sp³-hybridized carbons (Fsp3) is 0. The molecule has 0 saturated carbocycles. The van der Waals surface area contributed by atoms with Crippen LogP contribution in [0.1, 0.15) is 0 Å². The highest BCUT2D eigenvalue weighted by Gasteiger charge is 2.05. The Labute approximate surface area is 87.3 Å². The summed E-state index contributed by atoms with van der Waals surface area (Å²) in [6.07, 6.45) is 3.14. The Morgan fingerprint density at radius 1 is 1.31 bits per heavy atom. The van der Waals surface area contributed by atoms with Crippen LogP contribution < -0.4 is 5.73 Å². The van der Waals surface area contributed by atoms with E-state index in [0.29, 0.717) is 16.7 Å². The third-order valence-corrected chi connectivity index (χ3v) is 2.34. The predicted molar refractivity (Wildman–Crippen MR) is 54.5 cm³/mol. The van der Waals surface area contributed by atoms with Crippen LogP contribution in [0.5, 0.6) is 0 Å². The van der Waals surface area contributed by atoms with Gasteiger partial charge in [-0.25, -0.2) is 15.0 Å². The van der Waals surface area contributed by atoms with Crippen molar-refractivity contribution in [1.29, 1.82) is 0 Å². The zero-order valence-corrected chi connectivity index (χ0v) is 8.67. The Kier molecular flexibility index (Phi) is 2.05. The van der Waals surface area contributed by atoms with Gasteiger partial charge in [-0.05, 0) is 27.5 Å². The number of anilines is 1. The van der Waals surface area contributed by atoms with Gasteiger partial charge in [0.15, 0.2) is 0 Å². The maximum absolute atomic E-state index is 5.64. The normalized spacial score (nSPS) is 10.6. The van der Waals surface area contributed by atoms with Crippen molar-refractivity contribution in [2.24, 2.45) is 0 Å². The van der Waals surface area contributed by atoms with Crippen molar-refractivity contribution in [3.63, 3.8) is 0 Å². The Bertz CT molecular complexity index is 473. The number of hydrogen-bond acceptors (Lipinski definition) is 4. The van der Waals surface area contributed by atoms with Gasteiger partial charge in [-0.2, -0.15) is 0 Å². The number of nitrogen functional groups attached to an aromatic ring is 1. The molecular formula is C7H4BrClN4. The van der Waals surface area contributed by atoms with Crippen molar-refractivity contribution < 1.29 is 0 Å². The van der Waals surface area contributed by atoms with Crippen LogP contribution in [-0.4, -0.2) is 15.0 Å². The smallest absolute Gasteiger partial charge is 0.222 e. The Balaban J connectivity index is 2.92. The number of nitrogens with zero attached hydrogens (tertiary/aromatic N) is 3. The van der Waals surface area contributed by atoms with Gasteiger partial charge in [-0.3, -0.25) is 0 Å². The third kappa shape index (κ3) is 1.45. The van der Waals surface area contributed by atoms with Gasteiger partial charge in [-0.1, -0.05) is 0 Å². The molecule has 2 N–H and O–H groups in total. The minimum Gasteiger partial charge on any atom is -0.383 e. The molecule has 0 unspecified atom stereocenters. The van der Waals surface area contributed by atoms with Crippen molar-refractivity contribution in [3.05, 3.63) is 22.1 Å². The molecule has 4 nitrogen and oxygen atoms in total. The summed E-state index contributed by atoms with van der Waals surface area (Å²) in [6, 6.07) is 0. The van der Waals surface area contributed by atoms with Crippen LogP contribution in [0.15, 0.2) is 16.9 Å². The average Bonchev–Trinajstić information content (AvgIpc) is 2.12. The summed E-state index contributed by atoms with van der Waals surface area (Å²) in [5.74, 6) is 0.398. The van der Waals surface area contributed by atoms with Gasteiger partial charge >= 0.3 is 0 Å². The third-order valence-electron chi connectivity index (χ3n) is 1.58. The molecule has 0 spiro atoms. The first-order chi connectivity index (χ1) is 6.18. The van der Waals surface area contributed by atoms with Crippen molar-refractivity contribution in [3.8, 4) is 0 Å². The number of fused-ring (bicyclic) bond motifs is 1. The van der Waals surface area contributed by atoms with Gasteiger partial charge in [0, 0.05) is 12.4 Å². The number of nitrogens with two attached hydrogens (primary N) is 1. The fourth-order valence-electron chi connectivity index (χ4n) is 0.987. The van der Waals surface area contributed by atoms with Gasteiger partial charge in [0.2, 0.25) is 5.28 Å². The van der Waals surface area contributed by atoms with Crippen LogP contribution in [0.4, 0.5) is 5.82 Å². The van der Waals surface area contributed by atoms with E-state index in [9.17, 15) is 0 Å². The molecule has 0 aliphatic carbocycles. The Morgan fingerprint density at radius 3 is 2.85 bits per heavy atom. The molecule has 0 atom stereocenters. The number of halogens is 2. The number of rotatable bonds is 0. The van der Waals surface area contributed by atoms with Crippen molar-refractivity contribution in [1.82, 2.24) is 15.0 Å². The molecule has 2 aromatic heterocycles. The monoisotopic (exact) mass is 258 g/mol. The highest BCUT2D eigenvalue weighted by atomic mass is 79.9. The maximum atomic E-state index is 5.64. The zero-order valence-electron chi connectivity index (χ0n) is 6.33. The van der Waals surface area contributed by atoms with E-state index in [-0.39, 0.29) is 5.28 Å². The van der Waals surface area contributed by atoms with Gasteiger partial charge in [0.1, 0.15) is 5.82 Å². The number of pyridine rings is 1. The molecule has 0 aromatic carbocycles. The molecule has 0 bridgehead atoms. The lowest BCUT2D eigenvalue weighted by molar-refractivity contribution is 1.20. The minimum absolute atomic E-state index is 0.193. The van der Waals surface area contributed by atoms with Crippen LogP contribution in [-0.2, 0) is 0 Å². The molecule has 0 aliphatic rings. The highest BCUT2D eigenvalue weighted by molar-refractivity contribution is 9.10. The molecule has 0 fully saturated rings. The Morgan fingerprint density at radius 2 is 2.08 bits per heavy atom. The maximum Gasteiger partial charge on any atom is 0.222 e. The molecular weight excluding hydrogens is 255 g/mol. The van der Waals surface area contributed by atoms with E-state index >= 15 is 0 Å². The minimum atomic E-state index is 0.193. The van der Waals surface area contributed by atoms with E-state index in [1.165, 1.54) is 0 Å². The molecule has 0 aliphatic heterocycles. The molecule has 6 heteroatoms. The van der Waals surface area contributed by atoms with E-state index in [1.54, 1.807) is 12.4 Å². The fourth-order valence-corrected chi connectivity index (χ4v) is 1.52. The van der Waals surface area contributed by atoms with E-state index in [1.807, 2.05) is 0 Å². The van der Waals surface area contributed by atoms with Crippen molar-refractivity contribution >= 4 is 44.3 Å². The van der Waals surface area contributed by atoms with Gasteiger partial charge in [0.25, 0.3) is 0 Å². The van der Waals surface area contributed by atoms with Gasteiger partial charge < -0.3 is 5.73 Å². The lowest BCUT2D eigenvalue weighted by atomic mass is 10.3. The van der Waals surface area contributed by atoms with E-state index in [4.69, 9.17) is 17.3 Å². The van der Waals surface area contributed by atoms with Crippen molar-refractivity contribution in [2.45, 2.75) is 0 Å². The summed E-state index contributed by atoms with van der Waals surface area (Å²) in [7, 11) is 0. The largest absolute Gasteiger partial charge is 0.383 e. The molecule has 2 rings (SSSR count). The second-order valence-electron chi connectivity index (χ2n) is 2.39. The van der Waals surface area contributed by atoms with Crippen LogP contribution in [0.2, 0.25) is 5.28 Å².